The Morgan fingerprint density at radius 2 is 0.821 bits per heavy atom. The maximum atomic E-state index is 9.60. The van der Waals surface area contributed by atoms with Crippen LogP contribution >= 0.6 is 0 Å². The van der Waals surface area contributed by atoms with Crippen molar-refractivity contribution in [3.8, 4) is 22.3 Å². The summed E-state index contributed by atoms with van der Waals surface area (Å²) in [4.78, 5) is 2.28. The number of benzene rings is 8. The van der Waals surface area contributed by atoms with E-state index < -0.39 is 0 Å². The average Bonchev–Trinajstić information content (AvgIpc) is 3.28. The summed E-state index contributed by atoms with van der Waals surface area (Å²) in [7, 11) is 0. The molecule has 1 aliphatic rings. The van der Waals surface area contributed by atoms with Crippen molar-refractivity contribution in [2.45, 2.75) is 0 Å². The maximum Gasteiger partial charge on any atom is 0.0711 e. The summed E-state index contributed by atoms with van der Waals surface area (Å²) in [6.45, 7) is 0. The molecular formula is C53H39N3. The molecule has 8 aromatic rings. The molecule has 0 aromatic heterocycles. The molecule has 0 radical (unpaired) electrons. The minimum absolute atomic E-state index is 0.469. The van der Waals surface area contributed by atoms with Crippen LogP contribution in [0, 0.1) is 5.41 Å². The SMILES string of the molecule is N=C(/C(=C1\NC(c2ccccc2)=Cc2c1cccc2-c1ccc(-c2ccc(N(c3ccccc3)c3ccccc3)cc2)cc1)c1ccccc1)c1ccccc1. The van der Waals surface area contributed by atoms with Gasteiger partial charge in [-0.25, -0.2) is 0 Å². The number of rotatable bonds is 9. The Morgan fingerprint density at radius 1 is 0.375 bits per heavy atom. The summed E-state index contributed by atoms with van der Waals surface area (Å²) < 4.78 is 0. The topological polar surface area (TPSA) is 39.1 Å². The average molecular weight is 718 g/mol. The van der Waals surface area contributed by atoms with Gasteiger partial charge in [0, 0.05) is 39.5 Å². The molecule has 0 spiro atoms. The van der Waals surface area contributed by atoms with Gasteiger partial charge in [-0.05, 0) is 81.4 Å². The highest BCUT2D eigenvalue weighted by molar-refractivity contribution is 6.36. The van der Waals surface area contributed by atoms with E-state index in [4.69, 9.17) is 0 Å². The molecule has 0 aliphatic carbocycles. The summed E-state index contributed by atoms with van der Waals surface area (Å²) >= 11 is 0. The summed E-state index contributed by atoms with van der Waals surface area (Å²) in [6.07, 6.45) is 2.26. The number of allylic oxidation sites excluding steroid dienone is 1. The number of hydrogen-bond acceptors (Lipinski definition) is 3. The highest BCUT2D eigenvalue weighted by Gasteiger charge is 2.25. The molecule has 2 N–H and O–H groups in total. The fourth-order valence-corrected chi connectivity index (χ4v) is 7.56. The van der Waals surface area contributed by atoms with Crippen LogP contribution in [0.25, 0.3) is 45.3 Å². The summed E-state index contributed by atoms with van der Waals surface area (Å²) in [6, 6.07) is 75.9. The van der Waals surface area contributed by atoms with Gasteiger partial charge in [-0.1, -0.05) is 182 Å². The molecule has 266 valence electrons. The monoisotopic (exact) mass is 717 g/mol. The Balaban J connectivity index is 1.12. The van der Waals surface area contributed by atoms with Crippen molar-refractivity contribution < 1.29 is 0 Å². The third-order valence-corrected chi connectivity index (χ3v) is 10.3. The smallest absolute Gasteiger partial charge is 0.0711 e. The lowest BCUT2D eigenvalue weighted by Gasteiger charge is -2.27. The lowest BCUT2D eigenvalue weighted by Crippen LogP contribution is -2.20. The molecule has 0 saturated heterocycles. The van der Waals surface area contributed by atoms with Crippen LogP contribution in [0.2, 0.25) is 0 Å². The van der Waals surface area contributed by atoms with Crippen molar-refractivity contribution in [2.75, 3.05) is 4.90 Å². The van der Waals surface area contributed by atoms with E-state index in [1.54, 1.807) is 0 Å². The molecule has 0 atom stereocenters. The Hall–Kier alpha value is -7.49. The number of hydrogen-bond donors (Lipinski definition) is 2. The first-order valence-corrected chi connectivity index (χ1v) is 18.9. The van der Waals surface area contributed by atoms with Gasteiger partial charge in [0.15, 0.2) is 0 Å². The van der Waals surface area contributed by atoms with Gasteiger partial charge in [0.2, 0.25) is 0 Å². The van der Waals surface area contributed by atoms with E-state index in [-0.39, 0.29) is 0 Å². The first-order chi connectivity index (χ1) is 27.7. The fourth-order valence-electron chi connectivity index (χ4n) is 7.56. The van der Waals surface area contributed by atoms with Crippen LogP contribution < -0.4 is 10.2 Å². The predicted molar refractivity (Wildman–Crippen MR) is 236 cm³/mol. The molecular weight excluding hydrogens is 679 g/mol. The third-order valence-electron chi connectivity index (χ3n) is 10.3. The second-order valence-corrected chi connectivity index (χ2v) is 13.8. The van der Waals surface area contributed by atoms with Crippen LogP contribution in [0.1, 0.15) is 27.8 Å². The van der Waals surface area contributed by atoms with Crippen LogP contribution in [0.3, 0.4) is 0 Å². The van der Waals surface area contributed by atoms with E-state index in [9.17, 15) is 5.41 Å². The number of para-hydroxylation sites is 2. The number of nitrogens with zero attached hydrogens (tertiary/aromatic N) is 1. The molecule has 1 heterocycles. The highest BCUT2D eigenvalue weighted by Crippen LogP contribution is 2.41. The predicted octanol–water partition coefficient (Wildman–Crippen LogP) is 13.5. The van der Waals surface area contributed by atoms with E-state index >= 15 is 0 Å². The molecule has 0 saturated carbocycles. The normalized spacial score (nSPS) is 12.8. The molecule has 9 rings (SSSR count). The van der Waals surface area contributed by atoms with Gasteiger partial charge in [-0.2, -0.15) is 0 Å². The second-order valence-electron chi connectivity index (χ2n) is 13.8. The van der Waals surface area contributed by atoms with Crippen molar-refractivity contribution in [1.29, 1.82) is 5.41 Å². The van der Waals surface area contributed by atoms with Gasteiger partial charge in [-0.3, -0.25) is 5.41 Å². The number of fused-ring (bicyclic) bond motifs is 1. The molecule has 0 bridgehead atoms. The lowest BCUT2D eigenvalue weighted by atomic mass is 9.85. The van der Waals surface area contributed by atoms with Gasteiger partial charge >= 0.3 is 0 Å². The van der Waals surface area contributed by atoms with Crippen LogP contribution in [-0.4, -0.2) is 5.71 Å². The summed E-state index contributed by atoms with van der Waals surface area (Å²) in [5, 5.41) is 13.4. The molecule has 0 amide bonds. The number of anilines is 3. The molecule has 3 heteroatoms. The van der Waals surface area contributed by atoms with Gasteiger partial charge in [0.25, 0.3) is 0 Å². The van der Waals surface area contributed by atoms with Gasteiger partial charge in [0.05, 0.1) is 11.4 Å². The Bertz CT molecular complexity index is 2630. The largest absolute Gasteiger partial charge is 0.354 e. The fraction of sp³-hybridized carbons (Fsp3) is 0. The van der Waals surface area contributed by atoms with Crippen molar-refractivity contribution in [2.24, 2.45) is 0 Å². The molecule has 0 fully saturated rings. The second kappa shape index (κ2) is 15.5. The zero-order valence-electron chi connectivity index (χ0n) is 30.8. The van der Waals surface area contributed by atoms with E-state index in [0.717, 1.165) is 84.1 Å². The van der Waals surface area contributed by atoms with Gasteiger partial charge in [0.1, 0.15) is 0 Å². The number of nitrogens with one attached hydrogen (secondary N) is 2. The van der Waals surface area contributed by atoms with Crippen LogP contribution in [0.5, 0.6) is 0 Å². The Kier molecular flexibility index (Phi) is 9.47. The summed E-state index contributed by atoms with van der Waals surface area (Å²) in [5.41, 5.74) is 16.3. The van der Waals surface area contributed by atoms with E-state index in [1.807, 2.05) is 54.6 Å². The molecule has 1 aliphatic heterocycles. The first kappa shape index (κ1) is 34.3. The molecule has 0 unspecified atom stereocenters. The molecule has 3 nitrogen and oxygen atoms in total. The quantitative estimate of drug-likeness (QED) is 0.146. The lowest BCUT2D eigenvalue weighted by molar-refractivity contribution is 1.22. The van der Waals surface area contributed by atoms with E-state index in [0.29, 0.717) is 5.71 Å². The third kappa shape index (κ3) is 6.86. The standard InChI is InChI=1S/C53H39N3/c54-52(43-21-10-3-11-22-43)51(42-19-8-2-9-20-42)53-48-28-16-27-47(49(48)37-50(55-53)41-17-6-1-7-18-41)40-31-29-38(30-32-40)39-33-35-46(36-34-39)56(44-23-12-4-13-24-44)45-25-14-5-15-26-45/h1-37,54-55H/b53-51-,54-52?. The van der Waals surface area contributed by atoms with Crippen molar-refractivity contribution in [1.82, 2.24) is 5.32 Å². The van der Waals surface area contributed by atoms with Gasteiger partial charge in [-0.15, -0.1) is 0 Å². The van der Waals surface area contributed by atoms with Crippen LogP contribution in [0.4, 0.5) is 17.1 Å². The summed E-state index contributed by atoms with van der Waals surface area (Å²) in [5.74, 6) is 0. The Labute approximate surface area is 328 Å². The minimum atomic E-state index is 0.469. The van der Waals surface area contributed by atoms with Gasteiger partial charge < -0.3 is 10.2 Å². The zero-order valence-corrected chi connectivity index (χ0v) is 30.8. The Morgan fingerprint density at radius 3 is 1.39 bits per heavy atom. The first-order valence-electron chi connectivity index (χ1n) is 18.9. The molecule has 8 aromatic carbocycles. The van der Waals surface area contributed by atoms with Crippen molar-refractivity contribution in [3.63, 3.8) is 0 Å². The van der Waals surface area contributed by atoms with Crippen LogP contribution in [0.15, 0.2) is 218 Å². The zero-order chi connectivity index (χ0) is 37.7. The van der Waals surface area contributed by atoms with E-state index in [1.165, 1.54) is 0 Å². The molecule has 56 heavy (non-hydrogen) atoms. The minimum Gasteiger partial charge on any atom is -0.354 e. The van der Waals surface area contributed by atoms with Crippen LogP contribution in [-0.2, 0) is 0 Å². The van der Waals surface area contributed by atoms with Crippen molar-refractivity contribution >= 4 is 45.8 Å². The van der Waals surface area contributed by atoms with Crippen molar-refractivity contribution in [3.05, 3.63) is 246 Å². The highest BCUT2D eigenvalue weighted by atomic mass is 15.1. The maximum absolute atomic E-state index is 9.60. The van der Waals surface area contributed by atoms with E-state index in [2.05, 4.69) is 180 Å².